The van der Waals surface area contributed by atoms with Gasteiger partial charge in [-0.2, -0.15) is 0 Å². The van der Waals surface area contributed by atoms with Crippen molar-refractivity contribution in [2.75, 3.05) is 9.80 Å². The van der Waals surface area contributed by atoms with E-state index in [-0.39, 0.29) is 13.4 Å². The monoisotopic (exact) mass is 898 g/mol. The van der Waals surface area contributed by atoms with E-state index in [1.807, 2.05) is 23.5 Å². The first kappa shape index (κ1) is 40.3. The van der Waals surface area contributed by atoms with Crippen LogP contribution in [0.2, 0.25) is 0 Å². The average molecular weight is 899 g/mol. The third-order valence-electron chi connectivity index (χ3n) is 13.7. The molecule has 0 spiro atoms. The molecule has 0 radical (unpaired) electrons. The van der Waals surface area contributed by atoms with Gasteiger partial charge in [-0.05, 0) is 126 Å². The highest BCUT2D eigenvalue weighted by Crippen LogP contribution is 2.48. The number of ether oxygens (including phenoxy) is 2. The van der Waals surface area contributed by atoms with Gasteiger partial charge in [-0.3, -0.25) is 0 Å². The molecular weight excluding hydrogens is 854 g/mol. The molecule has 0 atom stereocenters. The normalized spacial score (nSPS) is 13.5. The van der Waals surface area contributed by atoms with Crippen molar-refractivity contribution >= 4 is 104 Å². The van der Waals surface area contributed by atoms with Crippen LogP contribution in [-0.4, -0.2) is 13.4 Å². The fraction of sp³-hybridized carbons (Fsp3) is 0.0847. The Kier molecular flexibility index (Phi) is 9.87. The van der Waals surface area contributed by atoms with E-state index in [1.54, 1.807) is 0 Å². The smallest absolute Gasteiger partial charge is 0.249 e. The van der Waals surface area contributed by atoms with Crippen LogP contribution in [0, 0.1) is 6.92 Å². The van der Waals surface area contributed by atoms with Crippen molar-refractivity contribution in [2.45, 2.75) is 52.7 Å². The molecule has 67 heavy (non-hydrogen) atoms. The Hall–Kier alpha value is -6.99. The summed E-state index contributed by atoms with van der Waals surface area (Å²) in [5, 5.41) is 0. The van der Waals surface area contributed by atoms with Crippen LogP contribution in [0.1, 0.15) is 30.9 Å². The number of benzene rings is 9. The second-order valence-electron chi connectivity index (χ2n) is 17.9. The summed E-state index contributed by atoms with van der Waals surface area (Å²) in [7, 11) is 0. The Balaban J connectivity index is 1.06. The van der Waals surface area contributed by atoms with Crippen molar-refractivity contribution in [3.05, 3.63) is 205 Å². The Bertz CT molecular complexity index is 3380. The summed E-state index contributed by atoms with van der Waals surface area (Å²) in [5.74, 6) is 3.31. The van der Waals surface area contributed by atoms with Crippen LogP contribution in [0.5, 0.6) is 23.0 Å². The highest BCUT2D eigenvalue weighted by Gasteiger charge is 2.46. The van der Waals surface area contributed by atoms with Gasteiger partial charge in [0.05, 0.1) is 0 Å². The lowest BCUT2D eigenvalue weighted by atomic mass is 9.31. The summed E-state index contributed by atoms with van der Waals surface area (Å²) in [6, 6.07) is 70.9. The summed E-state index contributed by atoms with van der Waals surface area (Å²) in [6.45, 7) is 4.35. The van der Waals surface area contributed by atoms with Crippen LogP contribution in [-0.2, 0) is 6.42 Å². The first-order chi connectivity index (χ1) is 33.1. The highest BCUT2D eigenvalue weighted by molar-refractivity contribution is 8.00. The lowest BCUT2D eigenvalue weighted by molar-refractivity contribution is 0.481. The first-order valence-corrected chi connectivity index (χ1v) is 25.0. The Morgan fingerprint density at radius 1 is 0.418 bits per heavy atom. The van der Waals surface area contributed by atoms with E-state index in [0.29, 0.717) is 0 Å². The SMILES string of the molecule is CCCCc1ccc(Oc2cc3c4c(c2)N(c2ccccc2)c2cc5c(cc2B4c2ccccc2S3)B2c3ccccc3Sc3cc(Oc4ccc(C)cc4)cc(c32)N5c2ccccc2)cc1. The van der Waals surface area contributed by atoms with E-state index in [2.05, 4.69) is 218 Å². The topological polar surface area (TPSA) is 24.9 Å². The van der Waals surface area contributed by atoms with Crippen LogP contribution in [0.15, 0.2) is 214 Å². The fourth-order valence-corrected chi connectivity index (χ4v) is 13.0. The van der Waals surface area contributed by atoms with Crippen LogP contribution in [0.25, 0.3) is 0 Å². The molecule has 0 N–H and O–H groups in total. The molecule has 4 heterocycles. The second-order valence-corrected chi connectivity index (χ2v) is 20.1. The summed E-state index contributed by atoms with van der Waals surface area (Å²) in [4.78, 5) is 9.97. The van der Waals surface area contributed by atoms with Gasteiger partial charge >= 0.3 is 0 Å². The van der Waals surface area contributed by atoms with Crippen LogP contribution in [0.3, 0.4) is 0 Å². The van der Waals surface area contributed by atoms with E-state index in [4.69, 9.17) is 9.47 Å². The predicted octanol–water partition coefficient (Wildman–Crippen LogP) is 12.5. The molecule has 4 aliphatic rings. The van der Waals surface area contributed by atoms with Gasteiger partial charge in [-0.1, -0.05) is 156 Å². The van der Waals surface area contributed by atoms with E-state index in [0.717, 1.165) is 63.5 Å². The van der Waals surface area contributed by atoms with Gasteiger partial charge in [0.25, 0.3) is 0 Å². The molecule has 0 amide bonds. The number of hydrogen-bond acceptors (Lipinski definition) is 6. The minimum absolute atomic E-state index is 0.000439. The molecule has 9 aromatic carbocycles. The van der Waals surface area contributed by atoms with Gasteiger partial charge in [0, 0.05) is 65.8 Å². The highest BCUT2D eigenvalue weighted by atomic mass is 32.2. The average Bonchev–Trinajstić information content (AvgIpc) is 3.36. The maximum atomic E-state index is 6.85. The predicted molar refractivity (Wildman–Crippen MR) is 283 cm³/mol. The molecule has 4 aliphatic heterocycles. The first-order valence-electron chi connectivity index (χ1n) is 23.4. The molecule has 4 nitrogen and oxygen atoms in total. The second kappa shape index (κ2) is 16.4. The van der Waals surface area contributed by atoms with E-state index in [1.165, 1.54) is 76.3 Å². The fourth-order valence-electron chi connectivity index (χ4n) is 10.6. The van der Waals surface area contributed by atoms with Gasteiger partial charge in [0.15, 0.2) is 0 Å². The lowest BCUT2D eigenvalue weighted by Crippen LogP contribution is -2.64. The zero-order chi connectivity index (χ0) is 44.6. The molecule has 0 saturated carbocycles. The standard InChI is InChI=1S/C59H44B2N2O2S2/c1-3-4-15-39-26-30-43(31-27-39)65-45-33-53-59-57(35-45)67-55-23-14-12-21-47(55)61(59)49-36-48-50(37-51(49)63(53)41-18-9-6-10-19-41)62(40-16-7-5-8-17-40)52-32-44(64-42-28-24-38(2)25-29-42)34-56-58(52)60(48)46-20-11-13-22-54(46)66-56/h5-14,16-37H,3-4,15H2,1-2H3. The van der Waals surface area contributed by atoms with Gasteiger partial charge in [0.2, 0.25) is 13.4 Å². The number of aryl methyl sites for hydroxylation is 2. The molecule has 0 bridgehead atoms. The van der Waals surface area contributed by atoms with E-state index < -0.39 is 0 Å². The Labute approximate surface area is 401 Å². The Morgan fingerprint density at radius 2 is 0.881 bits per heavy atom. The molecule has 320 valence electrons. The molecule has 9 aromatic rings. The van der Waals surface area contributed by atoms with Crippen LogP contribution < -0.4 is 52.1 Å². The van der Waals surface area contributed by atoms with Crippen molar-refractivity contribution in [1.82, 2.24) is 0 Å². The van der Waals surface area contributed by atoms with Crippen molar-refractivity contribution in [2.24, 2.45) is 0 Å². The molecular formula is C59H44B2N2O2S2. The zero-order valence-corrected chi connectivity index (χ0v) is 38.9. The maximum absolute atomic E-state index is 6.85. The Morgan fingerprint density at radius 3 is 1.37 bits per heavy atom. The van der Waals surface area contributed by atoms with Crippen molar-refractivity contribution in [1.29, 1.82) is 0 Å². The van der Waals surface area contributed by atoms with Crippen molar-refractivity contribution in [3.8, 4) is 23.0 Å². The van der Waals surface area contributed by atoms with Crippen LogP contribution in [0.4, 0.5) is 34.1 Å². The third-order valence-corrected chi connectivity index (χ3v) is 16.0. The van der Waals surface area contributed by atoms with Gasteiger partial charge in [-0.15, -0.1) is 0 Å². The largest absolute Gasteiger partial charge is 0.457 e. The van der Waals surface area contributed by atoms with Crippen molar-refractivity contribution < 1.29 is 9.47 Å². The zero-order valence-electron chi connectivity index (χ0n) is 37.3. The molecule has 13 rings (SSSR count). The van der Waals surface area contributed by atoms with Gasteiger partial charge < -0.3 is 19.3 Å². The molecule has 0 aromatic heterocycles. The molecule has 8 heteroatoms. The maximum Gasteiger partial charge on any atom is 0.249 e. The molecule has 0 saturated heterocycles. The number of hydrogen-bond donors (Lipinski definition) is 0. The van der Waals surface area contributed by atoms with Crippen LogP contribution >= 0.6 is 23.5 Å². The quantitative estimate of drug-likeness (QED) is 0.134. The van der Waals surface area contributed by atoms with E-state index >= 15 is 0 Å². The molecule has 0 aliphatic carbocycles. The lowest BCUT2D eigenvalue weighted by Gasteiger charge is -2.44. The molecule has 0 fully saturated rings. The molecule has 0 unspecified atom stereocenters. The number of nitrogens with zero attached hydrogens (tertiary/aromatic N) is 2. The third kappa shape index (κ3) is 6.88. The summed E-state index contributed by atoms with van der Waals surface area (Å²) >= 11 is 3.70. The number of para-hydroxylation sites is 2. The summed E-state index contributed by atoms with van der Waals surface area (Å²) in [5.41, 5.74) is 17.2. The van der Waals surface area contributed by atoms with Gasteiger partial charge in [-0.25, -0.2) is 0 Å². The number of fused-ring (bicyclic) bond motifs is 8. The van der Waals surface area contributed by atoms with E-state index in [9.17, 15) is 0 Å². The minimum Gasteiger partial charge on any atom is -0.457 e. The van der Waals surface area contributed by atoms with Gasteiger partial charge in [0.1, 0.15) is 23.0 Å². The van der Waals surface area contributed by atoms with Crippen molar-refractivity contribution in [3.63, 3.8) is 0 Å². The number of anilines is 6. The minimum atomic E-state index is -0.000788. The summed E-state index contributed by atoms with van der Waals surface area (Å²) in [6.07, 6.45) is 3.44. The summed E-state index contributed by atoms with van der Waals surface area (Å²) < 4.78 is 13.6. The number of rotatable bonds is 9. The number of unbranched alkanes of at least 4 members (excludes halogenated alkanes) is 1.